The van der Waals surface area contributed by atoms with Crippen molar-refractivity contribution in [3.8, 4) is 5.75 Å². The number of alkyl halides is 3. The number of halogens is 3. The third kappa shape index (κ3) is 6.03. The smallest absolute Gasteiger partial charge is 0.416 e. The number of hydrogen-bond acceptors (Lipinski definition) is 4. The van der Waals surface area contributed by atoms with Crippen molar-refractivity contribution in [2.75, 3.05) is 38.6 Å². The maximum atomic E-state index is 12.8. The number of amides is 1. The molecule has 0 bridgehead atoms. The van der Waals surface area contributed by atoms with E-state index in [4.69, 9.17) is 10.5 Å². The molecule has 1 aliphatic carbocycles. The number of carbonyl (C=O) groups excluding carboxylic acids is 1. The molecule has 2 fully saturated rings. The summed E-state index contributed by atoms with van der Waals surface area (Å²) in [5, 5.41) is 2.74. The molecule has 2 aromatic rings. The molecule has 1 aliphatic heterocycles. The summed E-state index contributed by atoms with van der Waals surface area (Å²) in [6, 6.07) is 9.31. The highest BCUT2D eigenvalue weighted by Crippen LogP contribution is 2.52. The predicted octanol–water partition coefficient (Wildman–Crippen LogP) is 2.79. The van der Waals surface area contributed by atoms with E-state index in [1.807, 2.05) is 0 Å². The molecule has 0 unspecified atom stereocenters. The molecule has 1 heterocycles. The lowest BCUT2D eigenvalue weighted by Crippen LogP contribution is -2.67. The predicted molar refractivity (Wildman–Crippen MR) is 128 cm³/mol. The molecule has 0 radical (unpaired) electrons. The van der Waals surface area contributed by atoms with Gasteiger partial charge in [-0.05, 0) is 73.7 Å². The maximum absolute atomic E-state index is 12.8. The molecule has 1 spiro atoms. The molecule has 35 heavy (non-hydrogen) atoms. The molecule has 2 aliphatic rings. The summed E-state index contributed by atoms with van der Waals surface area (Å²) in [6.07, 6.45) is 2.58. The quantitative estimate of drug-likeness (QED) is 0.501. The highest BCUT2D eigenvalue weighted by molar-refractivity contribution is 6.09. The summed E-state index contributed by atoms with van der Waals surface area (Å²) in [5.41, 5.74) is 7.38. The summed E-state index contributed by atoms with van der Waals surface area (Å²) >= 11 is 0. The summed E-state index contributed by atoms with van der Waals surface area (Å²) < 4.78 is 44.5. The lowest BCUT2D eigenvalue weighted by Gasteiger charge is -2.17. The van der Waals surface area contributed by atoms with Gasteiger partial charge in [-0.15, -0.1) is 0 Å². The molecule has 0 atom stereocenters. The normalized spacial score (nSPS) is 17.8. The van der Waals surface area contributed by atoms with Crippen molar-refractivity contribution in [2.45, 2.75) is 25.4 Å². The van der Waals surface area contributed by atoms with E-state index in [0.717, 1.165) is 43.9 Å². The van der Waals surface area contributed by atoms with Crippen molar-refractivity contribution in [3.63, 3.8) is 0 Å². The standard InChI is InChI=1S/C26H29F3N4O2/c1-31-22(8-12-30)21-16-20(32-24(34)18-2-4-19(5-3-18)26(27,28)29)6-7-23(21)35-15-14-33-13-11-25(17-33)9-10-25/h2-8,12,16H,9-11,13-15,17,30H2,1H3,(H,32,34)/p+1. The first-order valence-electron chi connectivity index (χ1n) is 11.6. The SMILES string of the molecule is C[NH+]=C(C=CN)c1cc(NC(=O)c2ccc(C(F)(F)F)cc2)ccc1OCCN1CCC2(CC2)C1. The van der Waals surface area contributed by atoms with Gasteiger partial charge < -0.3 is 15.8 Å². The van der Waals surface area contributed by atoms with Gasteiger partial charge in [0.25, 0.3) is 5.91 Å². The Morgan fingerprint density at radius 2 is 1.94 bits per heavy atom. The minimum atomic E-state index is -4.45. The Labute approximate surface area is 202 Å². The Hall–Kier alpha value is -3.33. The Kier molecular flexibility index (Phi) is 7.16. The minimum Gasteiger partial charge on any atom is -0.491 e. The number of ether oxygens (including phenoxy) is 1. The van der Waals surface area contributed by atoms with E-state index >= 15 is 0 Å². The first-order valence-corrected chi connectivity index (χ1v) is 11.6. The molecule has 9 heteroatoms. The van der Waals surface area contributed by atoms with Crippen LogP contribution >= 0.6 is 0 Å². The second kappa shape index (κ2) is 10.1. The molecular weight excluding hydrogens is 457 g/mol. The minimum absolute atomic E-state index is 0.124. The van der Waals surface area contributed by atoms with Crippen molar-refractivity contribution in [1.82, 2.24) is 4.90 Å². The third-order valence-electron chi connectivity index (χ3n) is 6.67. The molecule has 4 N–H and O–H groups in total. The molecule has 2 aromatic carbocycles. The molecule has 1 saturated heterocycles. The molecule has 4 rings (SSSR count). The number of anilines is 1. The van der Waals surface area contributed by atoms with Crippen molar-refractivity contribution in [2.24, 2.45) is 11.1 Å². The molecule has 0 aromatic heterocycles. The zero-order valence-corrected chi connectivity index (χ0v) is 19.6. The average molecular weight is 488 g/mol. The van der Waals surface area contributed by atoms with Crippen LogP contribution in [0, 0.1) is 5.41 Å². The Morgan fingerprint density at radius 3 is 2.54 bits per heavy atom. The first kappa shape index (κ1) is 24.8. The van der Waals surface area contributed by atoms with Crippen LogP contribution in [-0.4, -0.2) is 49.8 Å². The number of carbonyl (C=O) groups is 1. The Morgan fingerprint density at radius 1 is 1.20 bits per heavy atom. The van der Waals surface area contributed by atoms with Crippen LogP contribution in [-0.2, 0) is 6.18 Å². The van der Waals surface area contributed by atoms with Crippen molar-refractivity contribution < 1.29 is 27.7 Å². The number of nitrogens with two attached hydrogens (primary N) is 1. The Balaban J connectivity index is 1.46. The van der Waals surface area contributed by atoms with Crippen LogP contribution in [0.3, 0.4) is 0 Å². The number of benzene rings is 2. The molecule has 186 valence electrons. The van der Waals surface area contributed by atoms with Crippen molar-refractivity contribution >= 4 is 17.3 Å². The van der Waals surface area contributed by atoms with Crippen LogP contribution in [0.25, 0.3) is 0 Å². The molecule has 6 nitrogen and oxygen atoms in total. The third-order valence-corrected chi connectivity index (χ3v) is 6.67. The van der Waals surface area contributed by atoms with E-state index in [2.05, 4.69) is 15.2 Å². The fourth-order valence-corrected chi connectivity index (χ4v) is 4.45. The molecule has 1 saturated carbocycles. The van der Waals surface area contributed by atoms with E-state index in [9.17, 15) is 18.0 Å². The summed E-state index contributed by atoms with van der Waals surface area (Å²) in [7, 11) is 1.76. The molecule has 1 amide bonds. The second-order valence-corrected chi connectivity index (χ2v) is 9.14. The monoisotopic (exact) mass is 487 g/mol. The maximum Gasteiger partial charge on any atom is 0.416 e. The largest absolute Gasteiger partial charge is 0.491 e. The average Bonchev–Trinajstić information content (AvgIpc) is 3.48. The van der Waals surface area contributed by atoms with Gasteiger partial charge in [0.1, 0.15) is 19.4 Å². The van der Waals surface area contributed by atoms with Gasteiger partial charge in [0.15, 0.2) is 0 Å². The number of rotatable bonds is 8. The van der Waals surface area contributed by atoms with E-state index in [-0.39, 0.29) is 5.56 Å². The number of nitrogens with zero attached hydrogens (tertiary/aromatic N) is 1. The van der Waals surface area contributed by atoms with E-state index in [0.29, 0.717) is 34.7 Å². The van der Waals surface area contributed by atoms with Gasteiger partial charge in [-0.25, -0.2) is 4.99 Å². The first-order chi connectivity index (χ1) is 16.7. The van der Waals surface area contributed by atoms with Gasteiger partial charge in [-0.1, -0.05) is 0 Å². The number of nitrogens with one attached hydrogen (secondary N) is 2. The van der Waals surface area contributed by atoms with Crippen LogP contribution in [0.4, 0.5) is 18.9 Å². The van der Waals surface area contributed by atoms with Gasteiger partial charge in [0, 0.05) is 36.6 Å². The topological polar surface area (TPSA) is 81.6 Å². The van der Waals surface area contributed by atoms with Crippen LogP contribution in [0.2, 0.25) is 0 Å². The summed E-state index contributed by atoms with van der Waals surface area (Å²) in [5.74, 6) is 0.127. The van der Waals surface area contributed by atoms with Gasteiger partial charge in [0.2, 0.25) is 5.71 Å². The zero-order chi connectivity index (χ0) is 25.1. The highest BCUT2D eigenvalue weighted by atomic mass is 19.4. The van der Waals surface area contributed by atoms with E-state index in [1.165, 1.54) is 25.5 Å². The van der Waals surface area contributed by atoms with Crippen LogP contribution in [0.5, 0.6) is 5.75 Å². The lowest BCUT2D eigenvalue weighted by atomic mass is 10.1. The molecular formula is C26H30F3N4O2+. The van der Waals surface area contributed by atoms with Crippen LogP contribution in [0.1, 0.15) is 40.7 Å². The summed E-state index contributed by atoms with van der Waals surface area (Å²) in [6.45, 7) is 3.62. The van der Waals surface area contributed by atoms with E-state index in [1.54, 1.807) is 31.3 Å². The van der Waals surface area contributed by atoms with Crippen LogP contribution < -0.4 is 20.8 Å². The number of likely N-dealkylation sites (tertiary alicyclic amines) is 1. The van der Waals surface area contributed by atoms with Gasteiger partial charge in [-0.3, -0.25) is 9.69 Å². The number of hydrogen-bond donors (Lipinski definition) is 3. The van der Waals surface area contributed by atoms with Gasteiger partial charge in [0.05, 0.1) is 11.1 Å². The summed E-state index contributed by atoms with van der Waals surface area (Å²) in [4.78, 5) is 18.1. The fourth-order valence-electron chi connectivity index (χ4n) is 4.45. The number of allylic oxidation sites excluding steroid dienone is 1. The van der Waals surface area contributed by atoms with Crippen LogP contribution in [0.15, 0.2) is 54.7 Å². The van der Waals surface area contributed by atoms with E-state index < -0.39 is 17.6 Å². The fraction of sp³-hybridized carbons (Fsp3) is 0.385. The Bertz CT molecular complexity index is 1120. The second-order valence-electron chi connectivity index (χ2n) is 9.14. The lowest BCUT2D eigenvalue weighted by molar-refractivity contribution is -0.418. The highest BCUT2D eigenvalue weighted by Gasteiger charge is 2.47. The van der Waals surface area contributed by atoms with Crippen molar-refractivity contribution in [3.05, 3.63) is 71.4 Å². The van der Waals surface area contributed by atoms with Crippen molar-refractivity contribution in [1.29, 1.82) is 0 Å². The zero-order valence-electron chi connectivity index (χ0n) is 19.6. The van der Waals surface area contributed by atoms with Gasteiger partial charge >= 0.3 is 6.18 Å². The van der Waals surface area contributed by atoms with Gasteiger partial charge in [-0.2, -0.15) is 13.2 Å².